The van der Waals surface area contributed by atoms with Gasteiger partial charge in [-0.05, 0) is 46.9 Å². The quantitative estimate of drug-likeness (QED) is 0.859. The average molecular weight is 350 g/mol. The molecule has 2 rings (SSSR count). The van der Waals surface area contributed by atoms with Crippen LogP contribution in [0.5, 0.6) is 0 Å². The van der Waals surface area contributed by atoms with Gasteiger partial charge in [0.1, 0.15) is 0 Å². The topological polar surface area (TPSA) is 29.9 Å². The van der Waals surface area contributed by atoms with Gasteiger partial charge in [0.15, 0.2) is 0 Å². The van der Waals surface area contributed by atoms with Crippen LogP contribution >= 0.6 is 15.9 Å². The van der Waals surface area contributed by atoms with Gasteiger partial charge in [0.2, 0.25) is 0 Å². The third-order valence-corrected chi connectivity index (χ3v) is 4.98. The number of rotatable bonds is 6. The number of hydrogen-bond acceptors (Lipinski definition) is 2. The summed E-state index contributed by atoms with van der Waals surface area (Å²) in [6.45, 7) is 4.35. The summed E-state index contributed by atoms with van der Waals surface area (Å²) in [6, 6.07) is 8.98. The fourth-order valence-electron chi connectivity index (χ4n) is 2.80. The molecule has 0 aliphatic rings. The lowest BCUT2D eigenvalue weighted by molar-refractivity contribution is 0.556. The van der Waals surface area contributed by atoms with Gasteiger partial charge >= 0.3 is 0 Å². The molecule has 0 fully saturated rings. The van der Waals surface area contributed by atoms with E-state index in [4.69, 9.17) is 0 Å². The van der Waals surface area contributed by atoms with Crippen LogP contribution in [0.1, 0.15) is 42.4 Å². The molecule has 0 radical (unpaired) electrons. The van der Waals surface area contributed by atoms with Crippen molar-refractivity contribution in [1.82, 2.24) is 15.1 Å². The van der Waals surface area contributed by atoms with Gasteiger partial charge in [0.25, 0.3) is 0 Å². The van der Waals surface area contributed by atoms with Crippen LogP contribution in [-0.4, -0.2) is 16.8 Å². The Bertz CT molecular complexity index is 604. The number of likely N-dealkylation sites (N-methyl/N-ethyl adjacent to an activating group) is 1. The Morgan fingerprint density at radius 2 is 1.95 bits per heavy atom. The van der Waals surface area contributed by atoms with Crippen LogP contribution in [0.3, 0.4) is 0 Å². The highest BCUT2D eigenvalue weighted by Gasteiger charge is 2.19. The van der Waals surface area contributed by atoms with Gasteiger partial charge in [-0.2, -0.15) is 5.10 Å². The van der Waals surface area contributed by atoms with Crippen molar-refractivity contribution in [1.29, 1.82) is 0 Å². The molecule has 1 unspecified atom stereocenters. The minimum atomic E-state index is 0.303. The van der Waals surface area contributed by atoms with E-state index in [1.165, 1.54) is 16.8 Å². The van der Waals surface area contributed by atoms with E-state index in [0.717, 1.165) is 29.4 Å². The van der Waals surface area contributed by atoms with Gasteiger partial charge in [0, 0.05) is 19.5 Å². The lowest BCUT2D eigenvalue weighted by Gasteiger charge is -2.20. The maximum atomic E-state index is 4.59. The van der Waals surface area contributed by atoms with Crippen LogP contribution in [-0.2, 0) is 26.3 Å². The minimum Gasteiger partial charge on any atom is -0.313 e. The van der Waals surface area contributed by atoms with Crippen molar-refractivity contribution in [2.24, 2.45) is 7.05 Å². The lowest BCUT2D eigenvalue weighted by Crippen LogP contribution is -2.21. The third kappa shape index (κ3) is 3.38. The van der Waals surface area contributed by atoms with E-state index in [-0.39, 0.29) is 0 Å². The van der Waals surface area contributed by atoms with Crippen LogP contribution in [0.2, 0.25) is 0 Å². The highest BCUT2D eigenvalue weighted by Crippen LogP contribution is 2.28. The molecule has 1 N–H and O–H groups in total. The highest BCUT2D eigenvalue weighted by atomic mass is 79.9. The second kappa shape index (κ2) is 7.23. The Morgan fingerprint density at radius 3 is 2.52 bits per heavy atom. The molecule has 2 aromatic rings. The van der Waals surface area contributed by atoms with Crippen LogP contribution in [0.25, 0.3) is 0 Å². The zero-order chi connectivity index (χ0) is 15.4. The van der Waals surface area contributed by atoms with Gasteiger partial charge in [-0.3, -0.25) is 4.68 Å². The van der Waals surface area contributed by atoms with Crippen molar-refractivity contribution < 1.29 is 0 Å². The number of aryl methyl sites for hydroxylation is 3. The highest BCUT2D eigenvalue weighted by molar-refractivity contribution is 9.10. The summed E-state index contributed by atoms with van der Waals surface area (Å²) in [6.07, 6.45) is 2.93. The largest absolute Gasteiger partial charge is 0.313 e. The zero-order valence-corrected chi connectivity index (χ0v) is 14.9. The van der Waals surface area contributed by atoms with E-state index in [0.29, 0.717) is 6.04 Å². The lowest BCUT2D eigenvalue weighted by atomic mass is 9.95. The summed E-state index contributed by atoms with van der Waals surface area (Å²) in [5, 5.41) is 8.06. The van der Waals surface area contributed by atoms with Gasteiger partial charge in [-0.15, -0.1) is 0 Å². The number of benzene rings is 1. The molecule has 0 spiro atoms. The molecule has 0 aliphatic carbocycles. The molecular weight excluding hydrogens is 326 g/mol. The number of hydrogen-bond donors (Lipinski definition) is 1. The summed E-state index contributed by atoms with van der Waals surface area (Å²) in [4.78, 5) is 0. The molecule has 1 aromatic carbocycles. The summed E-state index contributed by atoms with van der Waals surface area (Å²) in [5.74, 6) is 0. The SMILES string of the molecule is CCc1ccccc1C(Cc1c(Br)c(CC)nn1C)NC. The first-order valence-corrected chi connectivity index (χ1v) is 8.36. The fraction of sp³-hybridized carbons (Fsp3) is 0.471. The van der Waals surface area contributed by atoms with Gasteiger partial charge < -0.3 is 5.32 Å². The van der Waals surface area contributed by atoms with Gasteiger partial charge in [0.05, 0.1) is 15.9 Å². The normalized spacial score (nSPS) is 12.6. The number of halogens is 1. The zero-order valence-electron chi connectivity index (χ0n) is 13.3. The average Bonchev–Trinajstić information content (AvgIpc) is 2.79. The molecular formula is C17H24BrN3. The standard InChI is InChI=1S/C17H24BrN3/c1-5-12-9-7-8-10-13(12)15(19-3)11-16-17(18)14(6-2)20-21(16)4/h7-10,15,19H,5-6,11H2,1-4H3. The molecule has 3 nitrogen and oxygen atoms in total. The molecule has 0 bridgehead atoms. The Hall–Kier alpha value is -1.13. The fourth-order valence-corrected chi connectivity index (χ4v) is 3.58. The van der Waals surface area contributed by atoms with E-state index in [9.17, 15) is 0 Å². The summed E-state index contributed by atoms with van der Waals surface area (Å²) in [7, 11) is 4.06. The molecule has 21 heavy (non-hydrogen) atoms. The first kappa shape index (κ1) is 16.2. The number of aromatic nitrogens is 2. The Morgan fingerprint density at radius 1 is 1.24 bits per heavy atom. The van der Waals surface area contributed by atoms with E-state index >= 15 is 0 Å². The number of nitrogens with one attached hydrogen (secondary N) is 1. The van der Waals surface area contributed by atoms with E-state index in [1.54, 1.807) is 0 Å². The van der Waals surface area contributed by atoms with Crippen molar-refractivity contribution in [3.8, 4) is 0 Å². The third-order valence-electron chi connectivity index (χ3n) is 4.06. The summed E-state index contributed by atoms with van der Waals surface area (Å²) >= 11 is 3.72. The first-order valence-electron chi connectivity index (χ1n) is 7.57. The Labute approximate surface area is 135 Å². The van der Waals surface area contributed by atoms with Crippen LogP contribution < -0.4 is 5.32 Å². The maximum Gasteiger partial charge on any atom is 0.0766 e. The van der Waals surface area contributed by atoms with Crippen LogP contribution in [0, 0.1) is 0 Å². The Balaban J connectivity index is 2.34. The molecule has 1 aromatic heterocycles. The molecule has 0 saturated heterocycles. The van der Waals surface area contributed by atoms with E-state index in [1.807, 2.05) is 18.8 Å². The van der Waals surface area contributed by atoms with E-state index < -0.39 is 0 Å². The summed E-state index contributed by atoms with van der Waals surface area (Å²) < 4.78 is 3.16. The van der Waals surface area contributed by atoms with Crippen LogP contribution in [0.4, 0.5) is 0 Å². The van der Waals surface area contributed by atoms with Crippen molar-refractivity contribution in [2.75, 3.05) is 7.05 Å². The van der Waals surface area contributed by atoms with Gasteiger partial charge in [-0.25, -0.2) is 0 Å². The molecule has 4 heteroatoms. The molecule has 0 amide bonds. The van der Waals surface area contributed by atoms with Crippen molar-refractivity contribution >= 4 is 15.9 Å². The van der Waals surface area contributed by atoms with E-state index in [2.05, 4.69) is 64.5 Å². The predicted molar refractivity (Wildman–Crippen MR) is 91.6 cm³/mol. The molecule has 1 atom stereocenters. The minimum absolute atomic E-state index is 0.303. The van der Waals surface area contributed by atoms with Crippen molar-refractivity contribution in [3.63, 3.8) is 0 Å². The van der Waals surface area contributed by atoms with Crippen LogP contribution in [0.15, 0.2) is 28.7 Å². The second-order valence-electron chi connectivity index (χ2n) is 5.28. The molecule has 1 heterocycles. The monoisotopic (exact) mass is 349 g/mol. The van der Waals surface area contributed by atoms with Gasteiger partial charge in [-0.1, -0.05) is 38.1 Å². The molecule has 114 valence electrons. The number of nitrogens with zero attached hydrogens (tertiary/aromatic N) is 2. The van der Waals surface area contributed by atoms with Crippen molar-refractivity contribution in [2.45, 2.75) is 39.2 Å². The Kier molecular flexibility index (Phi) is 5.59. The summed E-state index contributed by atoms with van der Waals surface area (Å²) in [5.41, 5.74) is 5.17. The van der Waals surface area contributed by atoms with Crippen molar-refractivity contribution in [3.05, 3.63) is 51.3 Å². The maximum absolute atomic E-state index is 4.59. The smallest absolute Gasteiger partial charge is 0.0766 e. The predicted octanol–water partition coefficient (Wildman–Crippen LogP) is 3.81. The second-order valence-corrected chi connectivity index (χ2v) is 6.08. The molecule has 0 saturated carbocycles. The first-order chi connectivity index (χ1) is 10.1. The molecule has 0 aliphatic heterocycles.